The Morgan fingerprint density at radius 3 is 2.50 bits per heavy atom. The third kappa shape index (κ3) is 3.43. The predicted octanol–water partition coefficient (Wildman–Crippen LogP) is 1.44. The summed E-state index contributed by atoms with van der Waals surface area (Å²) in [6, 6.07) is 2.51. The van der Waals surface area contributed by atoms with Crippen LogP contribution in [-0.2, 0) is 4.79 Å². The number of carbonyl (C=O) groups excluding carboxylic acids is 1. The molecule has 1 amide bonds. The van der Waals surface area contributed by atoms with Crippen LogP contribution in [0.5, 0.6) is 0 Å². The van der Waals surface area contributed by atoms with Gasteiger partial charge in [-0.25, -0.2) is 0 Å². The van der Waals surface area contributed by atoms with E-state index in [9.17, 15) is 4.79 Å². The van der Waals surface area contributed by atoms with Crippen LogP contribution in [0.1, 0.15) is 20.8 Å². The number of halogens is 1. The van der Waals surface area contributed by atoms with Crippen molar-refractivity contribution in [2.24, 2.45) is 11.1 Å². The number of anilines is 1. The van der Waals surface area contributed by atoms with Gasteiger partial charge in [0.1, 0.15) is 0 Å². The van der Waals surface area contributed by atoms with Crippen molar-refractivity contribution < 1.29 is 4.79 Å². The molecule has 3 N–H and O–H groups in total. The smallest absolute Gasteiger partial charge is 0.243 e. The number of nitrogens with two attached hydrogens (primary N) is 1. The number of rotatable bonds is 2. The Labute approximate surface area is 99.4 Å². The molecule has 0 unspecified atom stereocenters. The standard InChI is InChI=1S/C10H15ClN4O/c1-10(2,3)8(12)9(16)13-7-5-4-6(11)14-15-7/h4-5,8H,12H2,1-3H3,(H,13,15,16)/t8-/m0/s1. The number of nitrogens with zero attached hydrogens (tertiary/aromatic N) is 2. The zero-order valence-corrected chi connectivity index (χ0v) is 10.2. The van der Waals surface area contributed by atoms with Gasteiger partial charge in [0.2, 0.25) is 5.91 Å². The Morgan fingerprint density at radius 2 is 2.06 bits per heavy atom. The van der Waals surface area contributed by atoms with Crippen molar-refractivity contribution in [2.45, 2.75) is 26.8 Å². The van der Waals surface area contributed by atoms with E-state index in [1.807, 2.05) is 20.8 Å². The minimum absolute atomic E-state index is 0.276. The molecule has 5 nitrogen and oxygen atoms in total. The van der Waals surface area contributed by atoms with Crippen LogP contribution in [0.25, 0.3) is 0 Å². The fraction of sp³-hybridized carbons (Fsp3) is 0.500. The SMILES string of the molecule is CC(C)(C)[C@@H](N)C(=O)Nc1ccc(Cl)nn1. The molecule has 0 saturated heterocycles. The normalized spacial score (nSPS) is 13.3. The molecular formula is C10H15ClN4O. The molecule has 0 aliphatic carbocycles. The largest absolute Gasteiger partial charge is 0.319 e. The monoisotopic (exact) mass is 242 g/mol. The van der Waals surface area contributed by atoms with E-state index in [2.05, 4.69) is 15.5 Å². The van der Waals surface area contributed by atoms with E-state index in [4.69, 9.17) is 17.3 Å². The maximum atomic E-state index is 11.7. The van der Waals surface area contributed by atoms with Crippen molar-refractivity contribution in [1.29, 1.82) is 0 Å². The molecule has 1 aromatic rings. The summed E-state index contributed by atoms with van der Waals surface area (Å²) in [6.45, 7) is 5.68. The highest BCUT2D eigenvalue weighted by Crippen LogP contribution is 2.18. The lowest BCUT2D eigenvalue weighted by molar-refractivity contribution is -0.119. The molecule has 6 heteroatoms. The zero-order valence-electron chi connectivity index (χ0n) is 9.49. The van der Waals surface area contributed by atoms with Crippen LogP contribution in [0.2, 0.25) is 5.15 Å². The maximum Gasteiger partial charge on any atom is 0.243 e. The van der Waals surface area contributed by atoms with Crippen molar-refractivity contribution in [3.8, 4) is 0 Å². The van der Waals surface area contributed by atoms with Crippen LogP contribution in [-0.4, -0.2) is 22.1 Å². The first-order chi connectivity index (χ1) is 7.30. The number of nitrogens with one attached hydrogen (secondary N) is 1. The Balaban J connectivity index is 2.68. The molecule has 0 aromatic carbocycles. The molecule has 1 atom stereocenters. The van der Waals surface area contributed by atoms with Gasteiger partial charge >= 0.3 is 0 Å². The second-order valence-electron chi connectivity index (χ2n) is 4.57. The van der Waals surface area contributed by atoms with E-state index in [1.165, 1.54) is 0 Å². The molecule has 0 aliphatic rings. The Morgan fingerprint density at radius 1 is 1.44 bits per heavy atom. The van der Waals surface area contributed by atoms with E-state index in [0.717, 1.165) is 0 Å². The number of aromatic nitrogens is 2. The van der Waals surface area contributed by atoms with E-state index >= 15 is 0 Å². The van der Waals surface area contributed by atoms with Crippen LogP contribution in [0.15, 0.2) is 12.1 Å². The second kappa shape index (κ2) is 4.76. The van der Waals surface area contributed by atoms with Crippen molar-refractivity contribution in [1.82, 2.24) is 10.2 Å². The molecule has 16 heavy (non-hydrogen) atoms. The quantitative estimate of drug-likeness (QED) is 0.822. The Kier molecular flexibility index (Phi) is 3.83. The summed E-state index contributed by atoms with van der Waals surface area (Å²) in [5.41, 5.74) is 5.48. The maximum absolute atomic E-state index is 11.7. The summed E-state index contributed by atoms with van der Waals surface area (Å²) < 4.78 is 0. The average Bonchev–Trinajstić information content (AvgIpc) is 2.19. The van der Waals surface area contributed by atoms with Crippen LogP contribution in [0, 0.1) is 5.41 Å². The molecule has 0 bridgehead atoms. The highest BCUT2D eigenvalue weighted by atomic mass is 35.5. The van der Waals surface area contributed by atoms with Crippen molar-refractivity contribution in [3.05, 3.63) is 17.3 Å². The fourth-order valence-corrected chi connectivity index (χ4v) is 1.08. The third-order valence-electron chi connectivity index (χ3n) is 2.10. The first-order valence-electron chi connectivity index (χ1n) is 4.86. The number of hydrogen-bond donors (Lipinski definition) is 2. The fourth-order valence-electron chi connectivity index (χ4n) is 0.980. The molecule has 88 valence electrons. The summed E-state index contributed by atoms with van der Waals surface area (Å²) in [5.74, 6) is 0.0539. The van der Waals surface area contributed by atoms with Gasteiger partial charge in [-0.1, -0.05) is 32.4 Å². The van der Waals surface area contributed by atoms with Gasteiger partial charge in [-0.05, 0) is 17.5 Å². The van der Waals surface area contributed by atoms with Gasteiger partial charge in [0.15, 0.2) is 11.0 Å². The van der Waals surface area contributed by atoms with Gasteiger partial charge in [0.05, 0.1) is 6.04 Å². The van der Waals surface area contributed by atoms with Gasteiger partial charge < -0.3 is 11.1 Å². The summed E-state index contributed by atoms with van der Waals surface area (Å²) in [4.78, 5) is 11.7. The Hall–Kier alpha value is -1.20. The summed E-state index contributed by atoms with van der Waals surface area (Å²) in [7, 11) is 0. The third-order valence-corrected chi connectivity index (χ3v) is 2.30. The first kappa shape index (κ1) is 12.9. The molecule has 1 aromatic heterocycles. The van der Waals surface area contributed by atoms with Gasteiger partial charge in [0, 0.05) is 0 Å². The van der Waals surface area contributed by atoms with Gasteiger partial charge in [-0.2, -0.15) is 0 Å². The molecule has 0 radical (unpaired) electrons. The number of carbonyl (C=O) groups is 1. The molecule has 1 heterocycles. The molecule has 1 rings (SSSR count). The van der Waals surface area contributed by atoms with Crippen molar-refractivity contribution in [2.75, 3.05) is 5.32 Å². The van der Waals surface area contributed by atoms with Crippen molar-refractivity contribution >= 4 is 23.3 Å². The molecule has 0 spiro atoms. The first-order valence-corrected chi connectivity index (χ1v) is 5.24. The molecule has 0 aliphatic heterocycles. The lowest BCUT2D eigenvalue weighted by Crippen LogP contribution is -2.45. The molecule has 0 fully saturated rings. The lowest BCUT2D eigenvalue weighted by Gasteiger charge is -2.25. The van der Waals surface area contributed by atoms with Gasteiger partial charge in [0.25, 0.3) is 0 Å². The van der Waals surface area contributed by atoms with Crippen LogP contribution < -0.4 is 11.1 Å². The number of hydrogen-bond acceptors (Lipinski definition) is 4. The van der Waals surface area contributed by atoms with Crippen LogP contribution in [0.3, 0.4) is 0 Å². The molecule has 0 saturated carbocycles. The minimum Gasteiger partial charge on any atom is -0.319 e. The Bertz CT molecular complexity index is 371. The highest BCUT2D eigenvalue weighted by molar-refractivity contribution is 6.29. The zero-order chi connectivity index (χ0) is 12.3. The lowest BCUT2D eigenvalue weighted by atomic mass is 9.87. The van der Waals surface area contributed by atoms with E-state index in [1.54, 1.807) is 12.1 Å². The number of amides is 1. The summed E-state index contributed by atoms with van der Waals surface area (Å²) in [5, 5.41) is 10.2. The highest BCUT2D eigenvalue weighted by Gasteiger charge is 2.27. The second-order valence-corrected chi connectivity index (χ2v) is 4.96. The summed E-state index contributed by atoms with van der Waals surface area (Å²) in [6.07, 6.45) is 0. The van der Waals surface area contributed by atoms with Crippen molar-refractivity contribution in [3.63, 3.8) is 0 Å². The average molecular weight is 243 g/mol. The van der Waals surface area contributed by atoms with Crippen LogP contribution >= 0.6 is 11.6 Å². The van der Waals surface area contributed by atoms with E-state index < -0.39 is 6.04 Å². The molecular weight excluding hydrogens is 228 g/mol. The van der Waals surface area contributed by atoms with Gasteiger partial charge in [-0.3, -0.25) is 4.79 Å². The van der Waals surface area contributed by atoms with Crippen LogP contribution in [0.4, 0.5) is 5.82 Å². The van der Waals surface area contributed by atoms with Gasteiger partial charge in [-0.15, -0.1) is 10.2 Å². The van der Waals surface area contributed by atoms with E-state index in [-0.39, 0.29) is 16.5 Å². The topological polar surface area (TPSA) is 80.9 Å². The predicted molar refractivity (Wildman–Crippen MR) is 63.1 cm³/mol. The van der Waals surface area contributed by atoms with E-state index in [0.29, 0.717) is 5.82 Å². The minimum atomic E-state index is -0.607. The summed E-state index contributed by atoms with van der Waals surface area (Å²) >= 11 is 5.57.